The maximum atomic E-state index is 12.7. The van der Waals surface area contributed by atoms with E-state index in [0.29, 0.717) is 22.8 Å². The lowest BCUT2D eigenvalue weighted by Crippen LogP contribution is -2.38. The fourth-order valence-corrected chi connectivity index (χ4v) is 4.43. The summed E-state index contributed by atoms with van der Waals surface area (Å²) in [5.74, 6) is -0.00507. The number of carbonyl (C=O) groups excluding carboxylic acids is 1. The van der Waals surface area contributed by atoms with E-state index in [1.807, 2.05) is 4.90 Å². The number of amides is 1. The lowest BCUT2D eigenvalue weighted by atomic mass is 9.65. The molecule has 4 heteroatoms. The van der Waals surface area contributed by atoms with Gasteiger partial charge in [-0.1, -0.05) is 20.8 Å². The molecule has 2 fully saturated rings. The van der Waals surface area contributed by atoms with Gasteiger partial charge in [-0.15, -0.1) is 0 Å². The summed E-state index contributed by atoms with van der Waals surface area (Å²) in [5.41, 5.74) is 7.33. The summed E-state index contributed by atoms with van der Waals surface area (Å²) in [4.78, 5) is 18.9. The lowest BCUT2D eigenvalue weighted by Gasteiger charge is -2.39. The van der Waals surface area contributed by atoms with Crippen LogP contribution in [0.4, 0.5) is 5.69 Å². The number of fused-ring (bicyclic) bond motifs is 2. The van der Waals surface area contributed by atoms with E-state index in [4.69, 9.17) is 5.73 Å². The predicted octanol–water partition coefficient (Wildman–Crippen LogP) is 2.70. The summed E-state index contributed by atoms with van der Waals surface area (Å²) < 4.78 is 0. The Morgan fingerprint density at radius 3 is 2.85 bits per heavy atom. The number of hydrogen-bond acceptors (Lipinski definition) is 3. The minimum Gasteiger partial charge on any atom is -0.397 e. The van der Waals surface area contributed by atoms with Crippen LogP contribution in [0, 0.1) is 10.8 Å². The van der Waals surface area contributed by atoms with Gasteiger partial charge in [-0.3, -0.25) is 4.79 Å². The molecule has 108 valence electrons. The third-order valence-corrected chi connectivity index (χ3v) is 4.72. The van der Waals surface area contributed by atoms with Crippen molar-refractivity contribution >= 4 is 11.6 Å². The standard InChI is InChI=1S/C16H23N3O/c1-15(2)7-11-8-16(3,9-15)10-19(11)14(20)13-12(17)5-4-6-18-13/h4-6,11H,7-10,17H2,1-3H3. The molecule has 1 aromatic rings. The van der Waals surface area contributed by atoms with Crippen molar-refractivity contribution in [3.8, 4) is 0 Å². The third kappa shape index (κ3) is 2.17. The van der Waals surface area contributed by atoms with Gasteiger partial charge in [0.15, 0.2) is 5.69 Å². The molecule has 2 heterocycles. The van der Waals surface area contributed by atoms with Gasteiger partial charge >= 0.3 is 0 Å². The number of anilines is 1. The number of rotatable bonds is 1. The van der Waals surface area contributed by atoms with Gasteiger partial charge in [0.2, 0.25) is 0 Å². The molecule has 0 aromatic carbocycles. The van der Waals surface area contributed by atoms with Crippen LogP contribution in [0.3, 0.4) is 0 Å². The second kappa shape index (κ2) is 4.21. The molecule has 1 aromatic heterocycles. The first kappa shape index (κ1) is 13.4. The molecule has 0 spiro atoms. The highest BCUT2D eigenvalue weighted by atomic mass is 16.2. The Morgan fingerprint density at radius 2 is 2.15 bits per heavy atom. The van der Waals surface area contributed by atoms with Crippen LogP contribution in [0.25, 0.3) is 0 Å². The summed E-state index contributed by atoms with van der Waals surface area (Å²) in [6.45, 7) is 7.74. The molecular weight excluding hydrogens is 250 g/mol. The molecule has 2 bridgehead atoms. The van der Waals surface area contributed by atoms with Crippen LogP contribution in [0.15, 0.2) is 18.3 Å². The average Bonchev–Trinajstić information content (AvgIpc) is 2.58. The van der Waals surface area contributed by atoms with Crippen LogP contribution < -0.4 is 5.73 Å². The van der Waals surface area contributed by atoms with E-state index in [9.17, 15) is 4.79 Å². The Bertz CT molecular complexity index is 554. The first-order valence-electron chi connectivity index (χ1n) is 7.31. The predicted molar refractivity (Wildman–Crippen MR) is 79.2 cm³/mol. The summed E-state index contributed by atoms with van der Waals surface area (Å²) >= 11 is 0. The second-order valence-corrected chi connectivity index (χ2v) is 7.59. The molecule has 1 saturated carbocycles. The van der Waals surface area contributed by atoms with Crippen molar-refractivity contribution in [1.29, 1.82) is 0 Å². The molecule has 2 N–H and O–H groups in total. The normalized spacial score (nSPS) is 31.4. The van der Waals surface area contributed by atoms with E-state index in [-0.39, 0.29) is 11.3 Å². The van der Waals surface area contributed by atoms with Gasteiger partial charge in [0.05, 0.1) is 5.69 Å². The molecule has 1 amide bonds. The summed E-state index contributed by atoms with van der Waals surface area (Å²) in [7, 11) is 0. The lowest BCUT2D eigenvalue weighted by molar-refractivity contribution is 0.0703. The van der Waals surface area contributed by atoms with Crippen LogP contribution in [0.1, 0.15) is 50.5 Å². The molecule has 2 atom stereocenters. The molecule has 2 unspecified atom stereocenters. The van der Waals surface area contributed by atoms with E-state index in [2.05, 4.69) is 25.8 Å². The summed E-state index contributed by atoms with van der Waals surface area (Å²) in [6, 6.07) is 3.84. The van der Waals surface area contributed by atoms with Crippen molar-refractivity contribution in [1.82, 2.24) is 9.88 Å². The van der Waals surface area contributed by atoms with E-state index >= 15 is 0 Å². The topological polar surface area (TPSA) is 59.2 Å². The zero-order chi connectivity index (χ0) is 14.5. The molecule has 1 saturated heterocycles. The Hall–Kier alpha value is -1.58. The molecule has 4 nitrogen and oxygen atoms in total. The molecule has 2 aliphatic rings. The van der Waals surface area contributed by atoms with Crippen molar-refractivity contribution in [2.24, 2.45) is 10.8 Å². The maximum absolute atomic E-state index is 12.7. The van der Waals surface area contributed by atoms with Gasteiger partial charge < -0.3 is 10.6 Å². The van der Waals surface area contributed by atoms with Crippen molar-refractivity contribution in [3.05, 3.63) is 24.0 Å². The fraction of sp³-hybridized carbons (Fsp3) is 0.625. The summed E-state index contributed by atoms with van der Waals surface area (Å²) in [5, 5.41) is 0. The number of hydrogen-bond donors (Lipinski definition) is 1. The van der Waals surface area contributed by atoms with E-state index in [0.717, 1.165) is 19.4 Å². The SMILES string of the molecule is CC1(C)CC2CC(C)(CN2C(=O)c2ncccc2N)C1. The number of carbonyl (C=O) groups is 1. The van der Waals surface area contributed by atoms with Crippen molar-refractivity contribution in [3.63, 3.8) is 0 Å². The first-order valence-corrected chi connectivity index (χ1v) is 7.31. The zero-order valence-electron chi connectivity index (χ0n) is 12.5. The molecular formula is C16H23N3O. The zero-order valence-corrected chi connectivity index (χ0v) is 12.5. The van der Waals surface area contributed by atoms with Crippen LogP contribution >= 0.6 is 0 Å². The van der Waals surface area contributed by atoms with E-state index < -0.39 is 0 Å². The van der Waals surface area contributed by atoms with E-state index in [1.54, 1.807) is 18.3 Å². The maximum Gasteiger partial charge on any atom is 0.274 e. The van der Waals surface area contributed by atoms with Gasteiger partial charge in [0, 0.05) is 18.8 Å². The van der Waals surface area contributed by atoms with Gasteiger partial charge in [-0.05, 0) is 42.2 Å². The Morgan fingerprint density at radius 1 is 1.40 bits per heavy atom. The molecule has 20 heavy (non-hydrogen) atoms. The fourth-order valence-electron chi connectivity index (χ4n) is 4.43. The quantitative estimate of drug-likeness (QED) is 0.856. The highest BCUT2D eigenvalue weighted by molar-refractivity contribution is 5.97. The number of likely N-dealkylation sites (tertiary alicyclic amines) is 1. The van der Waals surface area contributed by atoms with Crippen LogP contribution in [-0.2, 0) is 0 Å². The molecule has 1 aliphatic heterocycles. The Kier molecular flexibility index (Phi) is 2.82. The molecule has 0 radical (unpaired) electrons. The van der Waals surface area contributed by atoms with Crippen LogP contribution in [0.2, 0.25) is 0 Å². The first-order chi connectivity index (χ1) is 9.30. The van der Waals surface area contributed by atoms with Gasteiger partial charge in [0.1, 0.15) is 0 Å². The van der Waals surface area contributed by atoms with Crippen LogP contribution in [0.5, 0.6) is 0 Å². The van der Waals surface area contributed by atoms with Crippen LogP contribution in [-0.4, -0.2) is 28.4 Å². The van der Waals surface area contributed by atoms with E-state index in [1.165, 1.54) is 6.42 Å². The summed E-state index contributed by atoms with van der Waals surface area (Å²) in [6.07, 6.45) is 4.99. The van der Waals surface area contributed by atoms with Gasteiger partial charge in [0.25, 0.3) is 5.91 Å². The minimum absolute atomic E-state index is 0.00507. The molecule has 3 rings (SSSR count). The van der Waals surface area contributed by atoms with Gasteiger partial charge in [-0.2, -0.15) is 0 Å². The Balaban J connectivity index is 1.89. The second-order valence-electron chi connectivity index (χ2n) is 7.59. The van der Waals surface area contributed by atoms with Crippen molar-refractivity contribution in [2.75, 3.05) is 12.3 Å². The third-order valence-electron chi connectivity index (χ3n) is 4.72. The van der Waals surface area contributed by atoms with Crippen molar-refractivity contribution < 1.29 is 4.79 Å². The number of nitrogen functional groups attached to an aromatic ring is 1. The smallest absolute Gasteiger partial charge is 0.274 e. The monoisotopic (exact) mass is 273 g/mol. The average molecular weight is 273 g/mol. The van der Waals surface area contributed by atoms with Gasteiger partial charge in [-0.25, -0.2) is 4.98 Å². The number of nitrogens with two attached hydrogens (primary N) is 1. The number of nitrogens with zero attached hydrogens (tertiary/aromatic N) is 2. The largest absolute Gasteiger partial charge is 0.397 e. The number of pyridine rings is 1. The highest BCUT2D eigenvalue weighted by Crippen LogP contribution is 2.52. The minimum atomic E-state index is -0.00507. The molecule has 1 aliphatic carbocycles. The van der Waals surface area contributed by atoms with Crippen molar-refractivity contribution in [2.45, 2.75) is 46.1 Å². The highest BCUT2D eigenvalue weighted by Gasteiger charge is 2.51. The number of aromatic nitrogens is 1. The Labute approximate surface area is 120 Å².